The third kappa shape index (κ3) is 4.69. The van der Waals surface area contributed by atoms with Crippen molar-refractivity contribution in [2.24, 2.45) is 0 Å². The summed E-state index contributed by atoms with van der Waals surface area (Å²) in [6.07, 6.45) is 3.19. The molecule has 0 saturated carbocycles. The SMILES string of the molecule is CNC(=O)CN1CCN(C(=O)/C(=C/c2ccco2)n2nnnc2-c2ccccc2)CC1. The van der Waals surface area contributed by atoms with Gasteiger partial charge in [0.2, 0.25) is 5.91 Å². The molecule has 1 aliphatic rings. The topological polar surface area (TPSA) is 109 Å². The molecule has 4 rings (SSSR count). The van der Waals surface area contributed by atoms with Crippen LogP contribution in [0.25, 0.3) is 23.2 Å². The van der Waals surface area contributed by atoms with E-state index in [9.17, 15) is 9.59 Å². The fourth-order valence-electron chi connectivity index (χ4n) is 3.39. The van der Waals surface area contributed by atoms with Crippen molar-refractivity contribution in [2.75, 3.05) is 39.8 Å². The molecule has 0 aliphatic carbocycles. The van der Waals surface area contributed by atoms with Crippen LogP contribution in [0.1, 0.15) is 5.76 Å². The lowest BCUT2D eigenvalue weighted by molar-refractivity contribution is -0.127. The molecule has 10 nitrogen and oxygen atoms in total. The van der Waals surface area contributed by atoms with Gasteiger partial charge in [0.05, 0.1) is 12.8 Å². The van der Waals surface area contributed by atoms with Crippen molar-refractivity contribution < 1.29 is 14.0 Å². The Morgan fingerprint density at radius 3 is 2.55 bits per heavy atom. The van der Waals surface area contributed by atoms with Gasteiger partial charge in [-0.15, -0.1) is 5.10 Å². The number of piperazine rings is 1. The molecule has 0 unspecified atom stereocenters. The standard InChI is InChI=1S/C21H23N7O3/c1-22-19(29)15-26-9-11-27(12-10-26)21(30)18(14-17-8-5-13-31-17)28-20(23-24-25-28)16-6-3-2-4-7-16/h2-8,13-14H,9-12,15H2,1H3,(H,22,29)/b18-14-. The molecule has 1 N–H and O–H groups in total. The summed E-state index contributed by atoms with van der Waals surface area (Å²) in [6.45, 7) is 2.52. The summed E-state index contributed by atoms with van der Waals surface area (Å²) in [5, 5.41) is 14.6. The quantitative estimate of drug-likeness (QED) is 0.587. The molecule has 1 aromatic carbocycles. The summed E-state index contributed by atoms with van der Waals surface area (Å²) in [7, 11) is 1.62. The van der Waals surface area contributed by atoms with E-state index in [1.807, 2.05) is 35.2 Å². The highest BCUT2D eigenvalue weighted by Crippen LogP contribution is 2.22. The highest BCUT2D eigenvalue weighted by Gasteiger charge is 2.28. The van der Waals surface area contributed by atoms with Gasteiger partial charge in [-0.25, -0.2) is 0 Å². The Morgan fingerprint density at radius 1 is 1.10 bits per heavy atom. The minimum atomic E-state index is -0.208. The Labute approximate surface area is 179 Å². The number of nitrogens with zero attached hydrogens (tertiary/aromatic N) is 6. The number of furan rings is 1. The van der Waals surface area contributed by atoms with Crippen LogP contribution in [0, 0.1) is 0 Å². The van der Waals surface area contributed by atoms with Gasteiger partial charge in [-0.2, -0.15) is 4.68 Å². The Kier molecular flexibility index (Phi) is 6.18. The zero-order valence-corrected chi connectivity index (χ0v) is 17.1. The van der Waals surface area contributed by atoms with Gasteiger partial charge in [0.25, 0.3) is 5.91 Å². The van der Waals surface area contributed by atoms with Gasteiger partial charge in [-0.1, -0.05) is 30.3 Å². The molecule has 2 amide bonds. The number of carbonyl (C=O) groups excluding carboxylic acids is 2. The van der Waals surface area contributed by atoms with Crippen molar-refractivity contribution in [1.82, 2.24) is 35.3 Å². The van der Waals surface area contributed by atoms with Crippen LogP contribution in [0.5, 0.6) is 0 Å². The molecule has 0 spiro atoms. The Bertz CT molecular complexity index is 1050. The van der Waals surface area contributed by atoms with Gasteiger partial charge < -0.3 is 14.6 Å². The minimum absolute atomic E-state index is 0.0422. The van der Waals surface area contributed by atoms with Crippen molar-refractivity contribution >= 4 is 23.6 Å². The van der Waals surface area contributed by atoms with E-state index < -0.39 is 0 Å². The normalized spacial score (nSPS) is 15.1. The largest absolute Gasteiger partial charge is 0.465 e. The lowest BCUT2D eigenvalue weighted by Gasteiger charge is -2.34. The van der Waals surface area contributed by atoms with E-state index in [1.54, 1.807) is 36.4 Å². The smallest absolute Gasteiger partial charge is 0.272 e. The lowest BCUT2D eigenvalue weighted by atomic mass is 10.2. The maximum Gasteiger partial charge on any atom is 0.272 e. The zero-order chi connectivity index (χ0) is 21.6. The van der Waals surface area contributed by atoms with Crippen LogP contribution >= 0.6 is 0 Å². The number of aromatic nitrogens is 4. The van der Waals surface area contributed by atoms with E-state index >= 15 is 0 Å². The van der Waals surface area contributed by atoms with Gasteiger partial charge in [0.15, 0.2) is 5.82 Å². The highest BCUT2D eigenvalue weighted by molar-refractivity contribution is 6.18. The van der Waals surface area contributed by atoms with E-state index in [1.165, 1.54) is 4.68 Å². The first-order valence-electron chi connectivity index (χ1n) is 9.97. The molecule has 10 heteroatoms. The molecule has 1 fully saturated rings. The van der Waals surface area contributed by atoms with Gasteiger partial charge in [0, 0.05) is 44.9 Å². The third-order valence-electron chi connectivity index (χ3n) is 5.08. The molecular weight excluding hydrogens is 398 g/mol. The molecule has 31 heavy (non-hydrogen) atoms. The second-order valence-corrected chi connectivity index (χ2v) is 7.07. The number of tetrazole rings is 1. The number of amides is 2. The third-order valence-corrected chi connectivity index (χ3v) is 5.08. The first-order chi connectivity index (χ1) is 15.2. The van der Waals surface area contributed by atoms with E-state index in [0.29, 0.717) is 50.0 Å². The number of rotatable bonds is 6. The number of benzene rings is 1. The molecule has 160 valence electrons. The first-order valence-corrected chi connectivity index (χ1v) is 9.97. The molecule has 2 aromatic heterocycles. The second-order valence-electron chi connectivity index (χ2n) is 7.07. The fourth-order valence-corrected chi connectivity index (χ4v) is 3.39. The molecule has 0 bridgehead atoms. The Morgan fingerprint density at radius 2 is 1.87 bits per heavy atom. The number of hydrogen-bond donors (Lipinski definition) is 1. The van der Waals surface area contributed by atoms with E-state index in [-0.39, 0.29) is 11.8 Å². The molecule has 0 atom stereocenters. The van der Waals surface area contributed by atoms with Crippen molar-refractivity contribution in [3.05, 3.63) is 54.5 Å². The zero-order valence-electron chi connectivity index (χ0n) is 17.1. The summed E-state index contributed by atoms with van der Waals surface area (Å²) in [5.74, 6) is 0.737. The van der Waals surface area contributed by atoms with Crippen LogP contribution in [0.3, 0.4) is 0 Å². The summed E-state index contributed by atoms with van der Waals surface area (Å²) in [6, 6.07) is 13.0. The predicted molar refractivity (Wildman–Crippen MR) is 113 cm³/mol. The highest BCUT2D eigenvalue weighted by atomic mass is 16.3. The fraction of sp³-hybridized carbons (Fsp3) is 0.286. The Hall–Kier alpha value is -3.79. The monoisotopic (exact) mass is 421 g/mol. The van der Waals surface area contributed by atoms with Crippen LogP contribution in [-0.2, 0) is 9.59 Å². The van der Waals surface area contributed by atoms with E-state index in [2.05, 4.69) is 20.8 Å². The summed E-state index contributed by atoms with van der Waals surface area (Å²) in [5.41, 5.74) is 1.08. The average Bonchev–Trinajstić information content (AvgIpc) is 3.50. The van der Waals surface area contributed by atoms with Crippen molar-refractivity contribution in [3.8, 4) is 11.4 Å². The molecular formula is C21H23N7O3. The molecule has 0 radical (unpaired) electrons. The van der Waals surface area contributed by atoms with E-state index in [0.717, 1.165) is 5.56 Å². The summed E-state index contributed by atoms with van der Waals surface area (Å²) < 4.78 is 6.88. The predicted octanol–water partition coefficient (Wildman–Crippen LogP) is 0.821. The maximum atomic E-state index is 13.5. The van der Waals surface area contributed by atoms with Gasteiger partial charge in [0.1, 0.15) is 11.5 Å². The second kappa shape index (κ2) is 9.35. The van der Waals surface area contributed by atoms with Crippen LogP contribution in [-0.4, -0.2) is 81.6 Å². The number of carbonyl (C=O) groups is 2. The Balaban J connectivity index is 1.60. The number of hydrogen-bond acceptors (Lipinski definition) is 7. The van der Waals surface area contributed by atoms with E-state index in [4.69, 9.17) is 4.42 Å². The summed E-state index contributed by atoms with van der Waals surface area (Å²) in [4.78, 5) is 28.9. The molecule has 3 aromatic rings. The maximum absolute atomic E-state index is 13.5. The molecule has 1 aliphatic heterocycles. The van der Waals surface area contributed by atoms with Crippen molar-refractivity contribution in [3.63, 3.8) is 0 Å². The average molecular weight is 421 g/mol. The lowest BCUT2D eigenvalue weighted by Crippen LogP contribution is -2.51. The van der Waals surface area contributed by atoms with Crippen LogP contribution in [0.4, 0.5) is 0 Å². The van der Waals surface area contributed by atoms with Gasteiger partial charge in [-0.3, -0.25) is 14.5 Å². The summed E-state index contributed by atoms with van der Waals surface area (Å²) >= 11 is 0. The molecule has 1 saturated heterocycles. The van der Waals surface area contributed by atoms with Crippen LogP contribution in [0.15, 0.2) is 53.1 Å². The number of likely N-dealkylation sites (N-methyl/N-ethyl adjacent to an activating group) is 1. The van der Waals surface area contributed by atoms with Gasteiger partial charge >= 0.3 is 0 Å². The number of nitrogens with one attached hydrogen (secondary N) is 1. The van der Waals surface area contributed by atoms with Crippen molar-refractivity contribution in [1.29, 1.82) is 0 Å². The van der Waals surface area contributed by atoms with Crippen LogP contribution in [0.2, 0.25) is 0 Å². The van der Waals surface area contributed by atoms with Crippen molar-refractivity contribution in [2.45, 2.75) is 0 Å². The first kappa shape index (κ1) is 20.5. The molecule has 3 heterocycles. The minimum Gasteiger partial charge on any atom is -0.465 e. The van der Waals surface area contributed by atoms with Crippen LogP contribution < -0.4 is 5.32 Å². The van der Waals surface area contributed by atoms with Gasteiger partial charge in [-0.05, 0) is 22.6 Å².